The van der Waals surface area contributed by atoms with Crippen molar-refractivity contribution < 1.29 is 14.1 Å². The molecule has 6 heteroatoms. The minimum Gasteiger partial charge on any atom is -0.477 e. The van der Waals surface area contributed by atoms with Gasteiger partial charge in [0.05, 0.1) is 0 Å². The van der Waals surface area contributed by atoms with E-state index in [1.54, 1.807) is 12.3 Å². The third kappa shape index (κ3) is 4.25. The molecule has 2 aromatic rings. The third-order valence-corrected chi connectivity index (χ3v) is 5.40. The van der Waals surface area contributed by atoms with E-state index in [0.717, 1.165) is 27.4 Å². The lowest BCUT2D eigenvalue weighted by Crippen LogP contribution is -2.17. The van der Waals surface area contributed by atoms with Crippen LogP contribution in [0.5, 0.6) is 0 Å². The highest BCUT2D eigenvalue weighted by molar-refractivity contribution is 7.84. The molecular formula is C16H19NO3S2. The molecule has 0 amide bonds. The summed E-state index contributed by atoms with van der Waals surface area (Å²) in [6, 6.07) is 9.49. The van der Waals surface area contributed by atoms with Crippen molar-refractivity contribution in [1.29, 1.82) is 0 Å². The summed E-state index contributed by atoms with van der Waals surface area (Å²) >= 11 is 1.32. The Labute approximate surface area is 136 Å². The van der Waals surface area contributed by atoms with E-state index in [2.05, 4.69) is 4.90 Å². The Hall–Kier alpha value is -1.50. The third-order valence-electron chi connectivity index (χ3n) is 3.38. The van der Waals surface area contributed by atoms with Crippen LogP contribution in [0.15, 0.2) is 35.2 Å². The fourth-order valence-corrected chi connectivity index (χ4v) is 3.62. The number of carboxylic acid groups (broad SMARTS) is 1. The Morgan fingerprint density at radius 1 is 1.27 bits per heavy atom. The molecule has 1 heterocycles. The van der Waals surface area contributed by atoms with E-state index in [9.17, 15) is 9.00 Å². The molecule has 0 fully saturated rings. The first-order valence-corrected chi connectivity index (χ1v) is 9.18. The zero-order valence-corrected chi connectivity index (χ0v) is 14.5. The van der Waals surface area contributed by atoms with Crippen molar-refractivity contribution in [2.45, 2.75) is 24.9 Å². The van der Waals surface area contributed by atoms with E-state index >= 15 is 0 Å². The first kappa shape index (κ1) is 16.9. The lowest BCUT2D eigenvalue weighted by Gasteiger charge is -2.16. The number of nitrogens with zero attached hydrogens (tertiary/aromatic N) is 1. The average Bonchev–Trinajstić information content (AvgIpc) is 2.81. The molecule has 1 aromatic carbocycles. The van der Waals surface area contributed by atoms with Gasteiger partial charge in [0.15, 0.2) is 0 Å². The maximum atomic E-state index is 11.4. The van der Waals surface area contributed by atoms with Crippen molar-refractivity contribution in [3.63, 3.8) is 0 Å². The van der Waals surface area contributed by atoms with E-state index in [0.29, 0.717) is 11.4 Å². The number of carboxylic acids is 1. The minimum absolute atomic E-state index is 0.385. The normalized spacial score (nSPS) is 12.5. The van der Waals surface area contributed by atoms with E-state index in [1.165, 1.54) is 11.3 Å². The van der Waals surface area contributed by atoms with Gasteiger partial charge in [-0.3, -0.25) is 9.11 Å². The van der Waals surface area contributed by atoms with Crippen molar-refractivity contribution in [2.24, 2.45) is 0 Å². The molecule has 1 N–H and O–H groups in total. The van der Waals surface area contributed by atoms with Gasteiger partial charge in [-0.2, -0.15) is 0 Å². The van der Waals surface area contributed by atoms with Crippen LogP contribution in [0.1, 0.15) is 25.7 Å². The van der Waals surface area contributed by atoms with Crippen molar-refractivity contribution in [2.75, 3.05) is 13.3 Å². The second kappa shape index (κ2) is 7.17. The standard InChI is InChI=1S/C16H19NO3S2/c1-11-13(8-15(21-11)16(18)19)10-17(2)9-12-4-6-14(7-5-12)22(3)20/h4-8H,9-10H2,1-3H3,(H,18,19). The molecule has 0 radical (unpaired) electrons. The van der Waals surface area contributed by atoms with Gasteiger partial charge in [-0.1, -0.05) is 12.1 Å². The maximum Gasteiger partial charge on any atom is 0.345 e. The number of carbonyl (C=O) groups is 1. The summed E-state index contributed by atoms with van der Waals surface area (Å²) in [5.41, 5.74) is 2.19. The average molecular weight is 337 g/mol. The predicted octanol–water partition coefficient (Wildman–Crippen LogP) is 3.12. The summed E-state index contributed by atoms with van der Waals surface area (Å²) in [7, 11) is 1.05. The lowest BCUT2D eigenvalue weighted by molar-refractivity contribution is 0.0702. The van der Waals surface area contributed by atoms with Crippen LogP contribution in [0.3, 0.4) is 0 Å². The fourth-order valence-electron chi connectivity index (χ4n) is 2.23. The Bertz CT molecular complexity index is 692. The van der Waals surface area contributed by atoms with Gasteiger partial charge < -0.3 is 5.11 Å². The van der Waals surface area contributed by atoms with Crippen LogP contribution < -0.4 is 0 Å². The monoisotopic (exact) mass is 337 g/mol. The smallest absolute Gasteiger partial charge is 0.345 e. The van der Waals surface area contributed by atoms with Crippen LogP contribution in [0.4, 0.5) is 0 Å². The maximum absolute atomic E-state index is 11.4. The largest absolute Gasteiger partial charge is 0.477 e. The van der Waals surface area contributed by atoms with Gasteiger partial charge in [-0.25, -0.2) is 4.79 Å². The van der Waals surface area contributed by atoms with Crippen molar-refractivity contribution in [3.8, 4) is 0 Å². The molecule has 0 spiro atoms. The molecule has 1 unspecified atom stereocenters. The summed E-state index contributed by atoms with van der Waals surface area (Å²) < 4.78 is 11.4. The first-order valence-electron chi connectivity index (χ1n) is 6.80. The molecule has 2 rings (SSSR count). The highest BCUT2D eigenvalue weighted by Crippen LogP contribution is 2.23. The molecule has 0 saturated carbocycles. The Morgan fingerprint density at radius 3 is 2.41 bits per heavy atom. The van der Waals surface area contributed by atoms with Crippen LogP contribution >= 0.6 is 11.3 Å². The number of hydrogen-bond acceptors (Lipinski definition) is 4. The molecule has 22 heavy (non-hydrogen) atoms. The van der Waals surface area contributed by atoms with Gasteiger partial charge in [-0.15, -0.1) is 11.3 Å². The van der Waals surface area contributed by atoms with Crippen LogP contribution in [0.25, 0.3) is 0 Å². The Balaban J connectivity index is 2.02. The Kier molecular flexibility index (Phi) is 5.50. The van der Waals surface area contributed by atoms with E-state index < -0.39 is 16.8 Å². The second-order valence-electron chi connectivity index (χ2n) is 5.27. The number of benzene rings is 1. The first-order chi connectivity index (χ1) is 10.4. The van der Waals surface area contributed by atoms with Crippen LogP contribution in [-0.2, 0) is 23.9 Å². The summed E-state index contributed by atoms with van der Waals surface area (Å²) in [6.45, 7) is 3.41. The number of rotatable bonds is 6. The molecule has 0 aliphatic heterocycles. The van der Waals surface area contributed by atoms with Gasteiger partial charge in [0, 0.05) is 39.9 Å². The Morgan fingerprint density at radius 2 is 1.91 bits per heavy atom. The SMILES string of the molecule is Cc1sc(C(=O)O)cc1CN(C)Cc1ccc(S(C)=O)cc1. The van der Waals surface area contributed by atoms with Crippen LogP contribution in [-0.4, -0.2) is 33.5 Å². The molecule has 118 valence electrons. The number of aryl methyl sites for hydroxylation is 1. The molecule has 0 saturated heterocycles. The molecular weight excluding hydrogens is 318 g/mol. The minimum atomic E-state index is -0.954. The number of hydrogen-bond donors (Lipinski definition) is 1. The van der Waals surface area contributed by atoms with Gasteiger partial charge in [0.1, 0.15) is 4.88 Å². The quantitative estimate of drug-likeness (QED) is 0.880. The molecule has 0 aliphatic carbocycles. The zero-order valence-electron chi connectivity index (χ0n) is 12.8. The summed E-state index contributed by atoms with van der Waals surface area (Å²) in [5.74, 6) is -0.870. The van der Waals surface area contributed by atoms with E-state index in [-0.39, 0.29) is 0 Å². The summed E-state index contributed by atoms with van der Waals surface area (Å²) in [4.78, 5) is 15.4. The van der Waals surface area contributed by atoms with Crippen LogP contribution in [0, 0.1) is 6.92 Å². The number of thiophene rings is 1. The van der Waals surface area contributed by atoms with E-state index in [1.807, 2.05) is 38.2 Å². The summed E-state index contributed by atoms with van der Waals surface area (Å²) in [5, 5.41) is 9.03. The van der Waals surface area contributed by atoms with Crippen molar-refractivity contribution in [1.82, 2.24) is 4.90 Å². The highest BCUT2D eigenvalue weighted by atomic mass is 32.2. The predicted molar refractivity (Wildman–Crippen MR) is 90.0 cm³/mol. The molecule has 0 aliphatic rings. The van der Waals surface area contributed by atoms with E-state index in [4.69, 9.17) is 5.11 Å². The van der Waals surface area contributed by atoms with Crippen LogP contribution in [0.2, 0.25) is 0 Å². The molecule has 1 aromatic heterocycles. The van der Waals surface area contributed by atoms with Gasteiger partial charge in [0.25, 0.3) is 0 Å². The number of aromatic carboxylic acids is 1. The van der Waals surface area contributed by atoms with Gasteiger partial charge >= 0.3 is 5.97 Å². The second-order valence-corrected chi connectivity index (χ2v) is 7.90. The molecule has 1 atom stereocenters. The zero-order chi connectivity index (χ0) is 16.3. The lowest BCUT2D eigenvalue weighted by atomic mass is 10.2. The molecule has 4 nitrogen and oxygen atoms in total. The van der Waals surface area contributed by atoms with Crippen molar-refractivity contribution in [3.05, 3.63) is 51.2 Å². The topological polar surface area (TPSA) is 57.6 Å². The van der Waals surface area contributed by atoms with Gasteiger partial charge in [0.2, 0.25) is 0 Å². The fraction of sp³-hybridized carbons (Fsp3) is 0.312. The highest BCUT2D eigenvalue weighted by Gasteiger charge is 2.12. The van der Waals surface area contributed by atoms with Crippen molar-refractivity contribution >= 4 is 28.1 Å². The summed E-state index contributed by atoms with van der Waals surface area (Å²) in [6.07, 6.45) is 1.67. The molecule has 0 bridgehead atoms. The van der Waals surface area contributed by atoms with Gasteiger partial charge in [-0.05, 0) is 43.3 Å².